The van der Waals surface area contributed by atoms with Crippen molar-refractivity contribution in [2.75, 3.05) is 18.8 Å². The van der Waals surface area contributed by atoms with Crippen LogP contribution in [0.3, 0.4) is 0 Å². The summed E-state index contributed by atoms with van der Waals surface area (Å²) in [5.74, 6) is 0.915. The molecule has 0 saturated carbocycles. The lowest BCUT2D eigenvalue weighted by Gasteiger charge is -2.21. The first-order chi connectivity index (χ1) is 11.6. The van der Waals surface area contributed by atoms with Crippen molar-refractivity contribution in [3.8, 4) is 0 Å². The highest BCUT2D eigenvalue weighted by Crippen LogP contribution is 2.36. The van der Waals surface area contributed by atoms with Crippen LogP contribution in [0.25, 0.3) is 0 Å². The SMILES string of the molecule is Cc1ccccc1C1CCN(C(=O)c2ccc(Cl)cc2Cl)CCS1. The normalized spacial score (nSPS) is 18.3. The van der Waals surface area contributed by atoms with Gasteiger partial charge in [-0.15, -0.1) is 0 Å². The molecule has 126 valence electrons. The number of nitrogens with zero attached hydrogens (tertiary/aromatic N) is 1. The average Bonchev–Trinajstić information content (AvgIpc) is 2.81. The van der Waals surface area contributed by atoms with Crippen LogP contribution in [-0.2, 0) is 0 Å². The third-order valence-electron chi connectivity index (χ3n) is 4.33. The standard InChI is InChI=1S/C19H19Cl2NOS/c1-13-4-2-3-5-15(13)18-8-9-22(10-11-24-18)19(23)16-7-6-14(20)12-17(16)21/h2-7,12,18H,8-11H2,1H3. The van der Waals surface area contributed by atoms with E-state index in [1.54, 1.807) is 18.2 Å². The molecule has 5 heteroatoms. The molecule has 24 heavy (non-hydrogen) atoms. The number of amides is 1. The fourth-order valence-electron chi connectivity index (χ4n) is 3.00. The smallest absolute Gasteiger partial charge is 0.255 e. The Morgan fingerprint density at radius 2 is 1.96 bits per heavy atom. The maximum Gasteiger partial charge on any atom is 0.255 e. The van der Waals surface area contributed by atoms with Crippen molar-refractivity contribution in [1.82, 2.24) is 4.90 Å². The van der Waals surface area contributed by atoms with Crippen LogP contribution >= 0.6 is 35.0 Å². The summed E-state index contributed by atoms with van der Waals surface area (Å²) in [5, 5.41) is 1.40. The largest absolute Gasteiger partial charge is 0.338 e. The van der Waals surface area contributed by atoms with E-state index in [2.05, 4.69) is 31.2 Å². The van der Waals surface area contributed by atoms with Gasteiger partial charge in [0.15, 0.2) is 0 Å². The number of benzene rings is 2. The molecule has 1 heterocycles. The Morgan fingerprint density at radius 1 is 1.17 bits per heavy atom. The van der Waals surface area contributed by atoms with Crippen LogP contribution in [-0.4, -0.2) is 29.6 Å². The summed E-state index contributed by atoms with van der Waals surface area (Å²) in [5.41, 5.74) is 3.22. The molecule has 0 radical (unpaired) electrons. The van der Waals surface area contributed by atoms with Gasteiger partial charge in [0.25, 0.3) is 5.91 Å². The molecule has 1 atom stereocenters. The van der Waals surface area contributed by atoms with Crippen molar-refractivity contribution in [2.24, 2.45) is 0 Å². The Balaban J connectivity index is 1.73. The Labute approximate surface area is 157 Å². The van der Waals surface area contributed by atoms with Crippen molar-refractivity contribution in [3.05, 3.63) is 69.2 Å². The van der Waals surface area contributed by atoms with Crippen molar-refractivity contribution in [1.29, 1.82) is 0 Å². The number of carbonyl (C=O) groups is 1. The zero-order valence-electron chi connectivity index (χ0n) is 13.5. The second kappa shape index (κ2) is 7.81. The molecule has 1 aliphatic heterocycles. The second-order valence-electron chi connectivity index (χ2n) is 5.92. The number of rotatable bonds is 2. The van der Waals surface area contributed by atoms with E-state index in [0.29, 0.717) is 20.9 Å². The van der Waals surface area contributed by atoms with Gasteiger partial charge >= 0.3 is 0 Å². The van der Waals surface area contributed by atoms with E-state index in [4.69, 9.17) is 23.2 Å². The maximum atomic E-state index is 12.8. The topological polar surface area (TPSA) is 20.3 Å². The highest BCUT2D eigenvalue weighted by atomic mass is 35.5. The summed E-state index contributed by atoms with van der Waals surface area (Å²) in [6.07, 6.45) is 0.951. The predicted octanol–water partition coefficient (Wildman–Crippen LogP) is 5.62. The molecule has 2 aromatic carbocycles. The molecule has 2 aromatic rings. The molecule has 0 bridgehead atoms. The summed E-state index contributed by atoms with van der Waals surface area (Å²) >= 11 is 14.0. The van der Waals surface area contributed by atoms with Gasteiger partial charge in [-0.3, -0.25) is 4.79 Å². The number of halogens is 2. The molecule has 1 fully saturated rings. The first kappa shape index (κ1) is 17.7. The highest BCUT2D eigenvalue weighted by Gasteiger charge is 2.24. The molecule has 1 amide bonds. The summed E-state index contributed by atoms with van der Waals surface area (Å²) in [6.45, 7) is 3.63. The van der Waals surface area contributed by atoms with Gasteiger partial charge in [0.05, 0.1) is 10.6 Å². The van der Waals surface area contributed by atoms with Crippen LogP contribution in [0.15, 0.2) is 42.5 Å². The van der Waals surface area contributed by atoms with Crippen molar-refractivity contribution >= 4 is 40.9 Å². The minimum Gasteiger partial charge on any atom is -0.338 e. The van der Waals surface area contributed by atoms with Gasteiger partial charge in [-0.2, -0.15) is 11.8 Å². The highest BCUT2D eigenvalue weighted by molar-refractivity contribution is 7.99. The molecule has 1 unspecified atom stereocenters. The van der Waals surface area contributed by atoms with E-state index in [1.807, 2.05) is 16.7 Å². The van der Waals surface area contributed by atoms with Gasteiger partial charge in [-0.25, -0.2) is 0 Å². The van der Waals surface area contributed by atoms with E-state index < -0.39 is 0 Å². The van der Waals surface area contributed by atoms with E-state index in [0.717, 1.165) is 25.3 Å². The maximum absolute atomic E-state index is 12.8. The minimum absolute atomic E-state index is 0.0114. The van der Waals surface area contributed by atoms with Crippen LogP contribution in [0.5, 0.6) is 0 Å². The molecular weight excluding hydrogens is 361 g/mol. The Bertz CT molecular complexity index is 750. The third kappa shape index (κ3) is 3.90. The lowest BCUT2D eigenvalue weighted by atomic mass is 10.0. The van der Waals surface area contributed by atoms with E-state index in [-0.39, 0.29) is 5.91 Å². The van der Waals surface area contributed by atoms with Gasteiger partial charge in [-0.05, 0) is 42.7 Å². The quantitative estimate of drug-likeness (QED) is 0.674. The summed E-state index contributed by atoms with van der Waals surface area (Å²) < 4.78 is 0. The molecule has 0 aliphatic carbocycles. The van der Waals surface area contributed by atoms with Crippen LogP contribution in [0, 0.1) is 6.92 Å². The number of hydrogen-bond donors (Lipinski definition) is 0. The zero-order chi connectivity index (χ0) is 17.1. The van der Waals surface area contributed by atoms with Crippen molar-refractivity contribution < 1.29 is 4.79 Å². The average molecular weight is 380 g/mol. The Kier molecular flexibility index (Phi) is 5.75. The zero-order valence-corrected chi connectivity index (χ0v) is 15.8. The number of thioether (sulfide) groups is 1. The minimum atomic E-state index is -0.0114. The summed E-state index contributed by atoms with van der Waals surface area (Å²) in [7, 11) is 0. The number of aryl methyl sites for hydroxylation is 1. The van der Waals surface area contributed by atoms with Crippen molar-refractivity contribution in [3.63, 3.8) is 0 Å². The summed E-state index contributed by atoms with van der Waals surface area (Å²) in [6, 6.07) is 13.5. The van der Waals surface area contributed by atoms with Crippen LogP contribution in [0.1, 0.15) is 33.2 Å². The molecule has 1 aliphatic rings. The fourth-order valence-corrected chi connectivity index (χ4v) is 4.82. The first-order valence-electron chi connectivity index (χ1n) is 7.97. The molecule has 0 spiro atoms. The van der Waals surface area contributed by atoms with E-state index >= 15 is 0 Å². The second-order valence-corrected chi connectivity index (χ2v) is 8.08. The summed E-state index contributed by atoms with van der Waals surface area (Å²) in [4.78, 5) is 14.7. The Hall–Kier alpha value is -1.16. The van der Waals surface area contributed by atoms with Gasteiger partial charge in [0.1, 0.15) is 0 Å². The first-order valence-corrected chi connectivity index (χ1v) is 9.78. The lowest BCUT2D eigenvalue weighted by Crippen LogP contribution is -2.33. The van der Waals surface area contributed by atoms with E-state index in [1.165, 1.54) is 11.1 Å². The number of carbonyl (C=O) groups excluding carboxylic acids is 1. The van der Waals surface area contributed by atoms with Gasteiger partial charge in [0.2, 0.25) is 0 Å². The third-order valence-corrected chi connectivity index (χ3v) is 6.18. The van der Waals surface area contributed by atoms with Gasteiger partial charge < -0.3 is 4.90 Å². The monoisotopic (exact) mass is 379 g/mol. The van der Waals surface area contributed by atoms with Gasteiger partial charge in [0, 0.05) is 29.1 Å². The molecular formula is C19H19Cl2NOS. The molecule has 0 aromatic heterocycles. The van der Waals surface area contributed by atoms with Crippen molar-refractivity contribution in [2.45, 2.75) is 18.6 Å². The fraction of sp³-hybridized carbons (Fsp3) is 0.316. The molecule has 3 rings (SSSR count). The predicted molar refractivity (Wildman–Crippen MR) is 103 cm³/mol. The van der Waals surface area contributed by atoms with E-state index in [9.17, 15) is 4.79 Å². The van der Waals surface area contributed by atoms with Crippen LogP contribution in [0.4, 0.5) is 0 Å². The number of hydrogen-bond acceptors (Lipinski definition) is 2. The van der Waals surface area contributed by atoms with Crippen LogP contribution < -0.4 is 0 Å². The lowest BCUT2D eigenvalue weighted by molar-refractivity contribution is 0.0767. The van der Waals surface area contributed by atoms with Crippen LogP contribution in [0.2, 0.25) is 10.0 Å². The molecule has 1 saturated heterocycles. The molecule has 0 N–H and O–H groups in total. The van der Waals surface area contributed by atoms with Gasteiger partial charge in [-0.1, -0.05) is 47.5 Å². The molecule has 2 nitrogen and oxygen atoms in total. The Morgan fingerprint density at radius 3 is 2.71 bits per heavy atom.